The van der Waals surface area contributed by atoms with Crippen LogP contribution in [0.25, 0.3) is 0 Å². The van der Waals surface area contributed by atoms with E-state index in [1.807, 2.05) is 0 Å². The number of hydrogen-bond acceptors (Lipinski definition) is 4. The molecular weight excluding hydrogens is 166 g/mol. The summed E-state index contributed by atoms with van der Waals surface area (Å²) in [6, 6.07) is 2.05. The zero-order valence-corrected chi connectivity index (χ0v) is 6.81. The lowest BCUT2D eigenvalue weighted by atomic mass is 10.1. The Balaban J connectivity index is 2.41. The maximum atomic E-state index is 8.65. The van der Waals surface area contributed by atoms with Crippen molar-refractivity contribution < 1.29 is 0 Å². The first-order chi connectivity index (χ1) is 6.37. The average molecular weight is 173 g/mol. The van der Waals surface area contributed by atoms with Crippen LogP contribution in [0.3, 0.4) is 0 Å². The third kappa shape index (κ3) is 1.12. The Hall–Kier alpha value is -1.96. The Morgan fingerprint density at radius 2 is 2.23 bits per heavy atom. The normalized spacial score (nSPS) is 17.5. The second kappa shape index (κ2) is 2.83. The van der Waals surface area contributed by atoms with Crippen LogP contribution in [0.1, 0.15) is 12.2 Å². The van der Waals surface area contributed by atoms with E-state index in [4.69, 9.17) is 5.26 Å². The minimum Gasteiger partial charge on any atom is -0.345 e. The van der Waals surface area contributed by atoms with Crippen molar-refractivity contribution in [3.63, 3.8) is 0 Å². The fourth-order valence-corrected chi connectivity index (χ4v) is 1.24. The number of imidazole rings is 1. The molecule has 13 heavy (non-hydrogen) atoms. The largest absolute Gasteiger partial charge is 0.345 e. The van der Waals surface area contributed by atoms with Gasteiger partial charge in [0.15, 0.2) is 5.82 Å². The standard InChI is InChI=1S/C8H7N5/c9-2-1-8(12-5-6-13-8)7-10-3-4-11-7/h3-6H,1H2,(H,10,11). The van der Waals surface area contributed by atoms with Crippen molar-refractivity contribution in [3.8, 4) is 6.07 Å². The summed E-state index contributed by atoms with van der Waals surface area (Å²) in [6.07, 6.45) is 6.68. The summed E-state index contributed by atoms with van der Waals surface area (Å²) in [6.45, 7) is 0. The topological polar surface area (TPSA) is 77.2 Å². The van der Waals surface area contributed by atoms with Crippen molar-refractivity contribution in [2.45, 2.75) is 12.1 Å². The summed E-state index contributed by atoms with van der Waals surface area (Å²) in [4.78, 5) is 15.2. The van der Waals surface area contributed by atoms with E-state index < -0.39 is 5.66 Å². The first-order valence-electron chi connectivity index (χ1n) is 3.83. The predicted octanol–water partition coefficient (Wildman–Crippen LogP) is 0.631. The molecule has 1 aromatic heterocycles. The molecule has 0 saturated heterocycles. The van der Waals surface area contributed by atoms with Crippen LogP contribution in [-0.4, -0.2) is 22.4 Å². The van der Waals surface area contributed by atoms with Crippen molar-refractivity contribution in [1.82, 2.24) is 9.97 Å². The molecule has 5 heteroatoms. The molecule has 0 fully saturated rings. The zero-order chi connectivity index (χ0) is 9.15. The highest BCUT2D eigenvalue weighted by molar-refractivity contribution is 6.17. The van der Waals surface area contributed by atoms with Crippen LogP contribution in [0.15, 0.2) is 22.4 Å². The van der Waals surface area contributed by atoms with Crippen LogP contribution < -0.4 is 0 Å². The molecule has 1 N–H and O–H groups in total. The highest BCUT2D eigenvalue weighted by Gasteiger charge is 2.34. The van der Waals surface area contributed by atoms with Gasteiger partial charge in [-0.05, 0) is 0 Å². The number of nitriles is 1. The maximum absolute atomic E-state index is 8.65. The second-order valence-electron chi connectivity index (χ2n) is 2.65. The molecule has 64 valence electrons. The van der Waals surface area contributed by atoms with E-state index in [0.717, 1.165) is 0 Å². The van der Waals surface area contributed by atoms with Crippen LogP contribution in [0.5, 0.6) is 0 Å². The van der Waals surface area contributed by atoms with Gasteiger partial charge in [-0.3, -0.25) is 9.98 Å². The van der Waals surface area contributed by atoms with Gasteiger partial charge in [-0.2, -0.15) is 5.26 Å². The number of aromatic amines is 1. The van der Waals surface area contributed by atoms with E-state index in [2.05, 4.69) is 26.0 Å². The van der Waals surface area contributed by atoms with Crippen LogP contribution in [-0.2, 0) is 5.66 Å². The molecule has 0 bridgehead atoms. The molecule has 0 saturated carbocycles. The predicted molar refractivity (Wildman–Crippen MR) is 47.5 cm³/mol. The van der Waals surface area contributed by atoms with Gasteiger partial charge in [0.05, 0.1) is 12.5 Å². The molecule has 5 nitrogen and oxygen atoms in total. The van der Waals surface area contributed by atoms with E-state index in [9.17, 15) is 0 Å². The molecular formula is C8H7N5. The van der Waals surface area contributed by atoms with Gasteiger partial charge in [0.1, 0.15) is 0 Å². The molecule has 1 aliphatic rings. The van der Waals surface area contributed by atoms with Gasteiger partial charge >= 0.3 is 0 Å². The Morgan fingerprint density at radius 3 is 2.77 bits per heavy atom. The van der Waals surface area contributed by atoms with Gasteiger partial charge < -0.3 is 4.98 Å². The number of nitrogens with zero attached hydrogens (tertiary/aromatic N) is 4. The minimum atomic E-state index is -0.821. The van der Waals surface area contributed by atoms with Crippen molar-refractivity contribution in [2.24, 2.45) is 9.98 Å². The number of aliphatic imine (C=N–C) groups is 2. The fourth-order valence-electron chi connectivity index (χ4n) is 1.24. The zero-order valence-electron chi connectivity index (χ0n) is 6.81. The van der Waals surface area contributed by atoms with Crippen LogP contribution >= 0.6 is 0 Å². The first-order valence-corrected chi connectivity index (χ1v) is 3.83. The Kier molecular flexibility index (Phi) is 1.67. The number of rotatable bonds is 2. The molecule has 0 aromatic carbocycles. The molecule has 1 aliphatic heterocycles. The van der Waals surface area contributed by atoms with E-state index in [0.29, 0.717) is 5.82 Å². The summed E-state index contributed by atoms with van der Waals surface area (Å²) in [7, 11) is 0. The van der Waals surface area contributed by atoms with E-state index >= 15 is 0 Å². The molecule has 0 aliphatic carbocycles. The van der Waals surface area contributed by atoms with Crippen molar-refractivity contribution in [2.75, 3.05) is 0 Å². The summed E-state index contributed by atoms with van der Waals surface area (Å²) < 4.78 is 0. The van der Waals surface area contributed by atoms with Crippen molar-refractivity contribution in [1.29, 1.82) is 5.26 Å². The smallest absolute Gasteiger partial charge is 0.220 e. The van der Waals surface area contributed by atoms with E-state index in [-0.39, 0.29) is 6.42 Å². The highest BCUT2D eigenvalue weighted by atomic mass is 15.2. The Bertz CT molecular complexity index is 369. The molecule has 2 heterocycles. The number of nitrogens with one attached hydrogen (secondary N) is 1. The van der Waals surface area contributed by atoms with Crippen molar-refractivity contribution in [3.05, 3.63) is 18.2 Å². The number of hydrogen-bond donors (Lipinski definition) is 1. The van der Waals surface area contributed by atoms with Crippen LogP contribution in [0, 0.1) is 11.3 Å². The van der Waals surface area contributed by atoms with Gasteiger partial charge in [0.25, 0.3) is 0 Å². The molecule has 2 rings (SSSR count). The van der Waals surface area contributed by atoms with Gasteiger partial charge in [-0.25, -0.2) is 4.98 Å². The Labute approximate surface area is 74.9 Å². The molecule has 0 amide bonds. The lowest BCUT2D eigenvalue weighted by Gasteiger charge is -2.16. The lowest BCUT2D eigenvalue weighted by Crippen LogP contribution is -2.19. The molecule has 0 radical (unpaired) electrons. The summed E-state index contributed by atoms with van der Waals surface area (Å²) in [5.74, 6) is 0.610. The molecule has 0 unspecified atom stereocenters. The third-order valence-corrected chi connectivity index (χ3v) is 1.85. The quantitative estimate of drug-likeness (QED) is 0.712. The molecule has 0 spiro atoms. The first kappa shape index (κ1) is 7.68. The summed E-state index contributed by atoms with van der Waals surface area (Å²) >= 11 is 0. The summed E-state index contributed by atoms with van der Waals surface area (Å²) in [5.41, 5.74) is -0.821. The van der Waals surface area contributed by atoms with E-state index in [1.54, 1.807) is 24.8 Å². The van der Waals surface area contributed by atoms with Crippen LogP contribution in [0.2, 0.25) is 0 Å². The number of H-pyrrole nitrogens is 1. The summed E-state index contributed by atoms with van der Waals surface area (Å²) in [5, 5.41) is 8.65. The third-order valence-electron chi connectivity index (χ3n) is 1.85. The Morgan fingerprint density at radius 1 is 1.46 bits per heavy atom. The van der Waals surface area contributed by atoms with Gasteiger partial charge in [0, 0.05) is 24.8 Å². The van der Waals surface area contributed by atoms with Crippen molar-refractivity contribution >= 4 is 12.4 Å². The van der Waals surface area contributed by atoms with Gasteiger partial charge in [-0.15, -0.1) is 0 Å². The van der Waals surface area contributed by atoms with Crippen LogP contribution in [0.4, 0.5) is 0 Å². The van der Waals surface area contributed by atoms with Gasteiger partial charge in [0.2, 0.25) is 5.66 Å². The second-order valence-corrected chi connectivity index (χ2v) is 2.65. The maximum Gasteiger partial charge on any atom is 0.220 e. The fraction of sp³-hybridized carbons (Fsp3) is 0.250. The van der Waals surface area contributed by atoms with Gasteiger partial charge in [-0.1, -0.05) is 0 Å². The number of aromatic nitrogens is 2. The highest BCUT2D eigenvalue weighted by Crippen LogP contribution is 2.29. The lowest BCUT2D eigenvalue weighted by molar-refractivity contribution is 0.469. The average Bonchev–Trinajstić information content (AvgIpc) is 2.73. The minimum absolute atomic E-state index is 0.202. The molecule has 1 aromatic rings. The van der Waals surface area contributed by atoms with E-state index in [1.165, 1.54) is 0 Å². The molecule has 0 atom stereocenters. The monoisotopic (exact) mass is 173 g/mol. The SMILES string of the molecule is N#CCC1(c2ncc[nH]2)N=CC=N1.